The summed E-state index contributed by atoms with van der Waals surface area (Å²) in [6, 6.07) is 0.600. The number of carbonyl (C=O) groups is 1. The van der Waals surface area contributed by atoms with Crippen molar-refractivity contribution in [3.8, 4) is 0 Å². The maximum Gasteiger partial charge on any atom is 0.306 e. The summed E-state index contributed by atoms with van der Waals surface area (Å²) in [5, 5.41) is 27.8. The Labute approximate surface area is 100 Å². The summed E-state index contributed by atoms with van der Waals surface area (Å²) in [6.07, 6.45) is -2.74. The number of aliphatic carboxylic acids is 1. The van der Waals surface area contributed by atoms with Crippen molar-refractivity contribution in [3.05, 3.63) is 35.1 Å². The first-order valence-corrected chi connectivity index (χ1v) is 4.93. The number of aliphatic hydroxyl groups excluding tert-OH is 1. The molecule has 4 nitrogen and oxygen atoms in total. The second-order valence-corrected chi connectivity index (χ2v) is 4.01. The van der Waals surface area contributed by atoms with Crippen molar-refractivity contribution in [3.63, 3.8) is 0 Å². The molecule has 0 aliphatic heterocycles. The molecule has 0 aliphatic rings. The first kappa shape index (κ1) is 14.5. The van der Waals surface area contributed by atoms with E-state index in [1.165, 1.54) is 0 Å². The summed E-state index contributed by atoms with van der Waals surface area (Å²) < 4.78 is 39.1. The van der Waals surface area contributed by atoms with Gasteiger partial charge in [-0.1, -0.05) is 0 Å². The van der Waals surface area contributed by atoms with Gasteiger partial charge < -0.3 is 15.3 Å². The van der Waals surface area contributed by atoms with Gasteiger partial charge in [0.15, 0.2) is 11.6 Å². The molecule has 0 saturated carbocycles. The average Bonchev–Trinajstić information content (AvgIpc) is 2.22. The molecule has 0 radical (unpaired) electrons. The van der Waals surface area contributed by atoms with E-state index in [2.05, 4.69) is 0 Å². The van der Waals surface area contributed by atoms with Crippen LogP contribution < -0.4 is 0 Å². The summed E-state index contributed by atoms with van der Waals surface area (Å²) >= 11 is 0. The molecule has 1 aromatic carbocycles. The van der Waals surface area contributed by atoms with Gasteiger partial charge in [-0.2, -0.15) is 0 Å². The van der Waals surface area contributed by atoms with Gasteiger partial charge in [0, 0.05) is 11.6 Å². The van der Waals surface area contributed by atoms with E-state index in [9.17, 15) is 28.2 Å². The summed E-state index contributed by atoms with van der Waals surface area (Å²) in [6.45, 7) is 0.913. The number of carboxylic acids is 1. The van der Waals surface area contributed by atoms with Crippen LogP contribution in [0.15, 0.2) is 12.1 Å². The van der Waals surface area contributed by atoms with Crippen LogP contribution in [-0.4, -0.2) is 27.4 Å². The third-order valence-corrected chi connectivity index (χ3v) is 2.57. The second kappa shape index (κ2) is 4.95. The van der Waals surface area contributed by atoms with E-state index >= 15 is 0 Å². The van der Waals surface area contributed by atoms with Crippen molar-refractivity contribution in [2.24, 2.45) is 0 Å². The Morgan fingerprint density at radius 2 is 1.78 bits per heavy atom. The third kappa shape index (κ3) is 2.80. The molecule has 3 N–H and O–H groups in total. The van der Waals surface area contributed by atoms with Crippen LogP contribution in [0.1, 0.15) is 18.9 Å². The molecule has 1 aromatic rings. The van der Waals surface area contributed by atoms with Crippen LogP contribution in [0.5, 0.6) is 0 Å². The zero-order chi connectivity index (χ0) is 14.1. The minimum Gasteiger partial charge on any atom is -0.481 e. The standard InChI is InChI=1S/C11H11F3O4/c1-11(18,9(15)4-10(16)17)5-2-7(13)8(14)3-6(5)12/h2-3,9,15,18H,4H2,1H3,(H,16,17). The third-order valence-electron chi connectivity index (χ3n) is 2.57. The Morgan fingerprint density at radius 1 is 1.28 bits per heavy atom. The molecule has 0 amide bonds. The Balaban J connectivity index is 3.19. The van der Waals surface area contributed by atoms with Crippen LogP contribution in [-0.2, 0) is 10.4 Å². The van der Waals surface area contributed by atoms with E-state index in [1.54, 1.807) is 0 Å². The molecule has 1 rings (SSSR count). The molecule has 0 fully saturated rings. The lowest BCUT2D eigenvalue weighted by molar-refractivity contribution is -0.145. The highest BCUT2D eigenvalue weighted by molar-refractivity contribution is 5.67. The monoisotopic (exact) mass is 264 g/mol. The lowest BCUT2D eigenvalue weighted by Gasteiger charge is -2.29. The highest BCUT2D eigenvalue weighted by Gasteiger charge is 2.37. The van der Waals surface area contributed by atoms with Crippen molar-refractivity contribution in [1.82, 2.24) is 0 Å². The number of halogens is 3. The van der Waals surface area contributed by atoms with Gasteiger partial charge in [0.25, 0.3) is 0 Å². The summed E-state index contributed by atoms with van der Waals surface area (Å²) in [5.74, 6) is -5.55. The number of carboxylic acid groups (broad SMARTS) is 1. The summed E-state index contributed by atoms with van der Waals surface area (Å²) in [5.41, 5.74) is -3.06. The number of benzene rings is 1. The minimum absolute atomic E-state index is 0.215. The molecule has 7 heteroatoms. The Kier molecular flexibility index (Phi) is 3.98. The smallest absolute Gasteiger partial charge is 0.306 e. The van der Waals surface area contributed by atoms with E-state index in [0.29, 0.717) is 6.07 Å². The van der Waals surface area contributed by atoms with Gasteiger partial charge in [0.05, 0.1) is 12.5 Å². The number of rotatable bonds is 4. The predicted octanol–water partition coefficient (Wildman–Crippen LogP) is 1.15. The molecular weight excluding hydrogens is 253 g/mol. The van der Waals surface area contributed by atoms with Crippen LogP contribution in [0.2, 0.25) is 0 Å². The van der Waals surface area contributed by atoms with E-state index in [-0.39, 0.29) is 6.07 Å². The van der Waals surface area contributed by atoms with Crippen LogP contribution in [0.25, 0.3) is 0 Å². The SMILES string of the molecule is CC(O)(c1cc(F)c(F)cc1F)C(O)CC(=O)O. The van der Waals surface area contributed by atoms with Crippen molar-refractivity contribution in [2.75, 3.05) is 0 Å². The maximum absolute atomic E-state index is 13.4. The van der Waals surface area contributed by atoms with E-state index in [1.807, 2.05) is 0 Å². The van der Waals surface area contributed by atoms with Crippen LogP contribution in [0.4, 0.5) is 13.2 Å². The number of hydrogen-bond acceptors (Lipinski definition) is 3. The van der Waals surface area contributed by atoms with Crippen molar-refractivity contribution < 1.29 is 33.3 Å². The van der Waals surface area contributed by atoms with Crippen LogP contribution in [0.3, 0.4) is 0 Å². The first-order chi connectivity index (χ1) is 8.16. The van der Waals surface area contributed by atoms with E-state index in [0.717, 1.165) is 6.92 Å². The predicted molar refractivity (Wildman–Crippen MR) is 54.1 cm³/mol. The molecule has 2 unspecified atom stereocenters. The lowest BCUT2D eigenvalue weighted by atomic mass is 9.88. The molecule has 0 aromatic heterocycles. The van der Waals surface area contributed by atoms with Gasteiger partial charge in [0.2, 0.25) is 0 Å². The molecule has 0 aliphatic carbocycles. The van der Waals surface area contributed by atoms with Gasteiger partial charge in [-0.25, -0.2) is 13.2 Å². The van der Waals surface area contributed by atoms with Crippen LogP contribution >= 0.6 is 0 Å². The Bertz CT molecular complexity index is 474. The molecule has 0 saturated heterocycles. The van der Waals surface area contributed by atoms with Gasteiger partial charge in [-0.15, -0.1) is 0 Å². The van der Waals surface area contributed by atoms with Gasteiger partial charge in [-0.05, 0) is 13.0 Å². The summed E-state index contributed by atoms with van der Waals surface area (Å²) in [7, 11) is 0. The quantitative estimate of drug-likeness (QED) is 0.713. The highest BCUT2D eigenvalue weighted by Crippen LogP contribution is 2.30. The topological polar surface area (TPSA) is 77.8 Å². The minimum atomic E-state index is -2.35. The molecule has 0 heterocycles. The maximum atomic E-state index is 13.4. The van der Waals surface area contributed by atoms with Crippen molar-refractivity contribution in [1.29, 1.82) is 0 Å². The summed E-state index contributed by atoms with van der Waals surface area (Å²) in [4.78, 5) is 10.4. The molecular formula is C11H11F3O4. The average molecular weight is 264 g/mol. The molecule has 2 atom stereocenters. The van der Waals surface area contributed by atoms with Crippen molar-refractivity contribution in [2.45, 2.75) is 25.0 Å². The largest absolute Gasteiger partial charge is 0.481 e. The van der Waals surface area contributed by atoms with Gasteiger partial charge in [-0.3, -0.25) is 4.79 Å². The fourth-order valence-electron chi connectivity index (χ4n) is 1.45. The Hall–Kier alpha value is -1.60. The zero-order valence-corrected chi connectivity index (χ0v) is 9.32. The molecule has 0 bridgehead atoms. The molecule has 18 heavy (non-hydrogen) atoms. The van der Waals surface area contributed by atoms with Crippen molar-refractivity contribution >= 4 is 5.97 Å². The zero-order valence-electron chi connectivity index (χ0n) is 9.32. The fourth-order valence-corrected chi connectivity index (χ4v) is 1.45. The number of aliphatic hydroxyl groups is 2. The van der Waals surface area contributed by atoms with Gasteiger partial charge >= 0.3 is 5.97 Å². The highest BCUT2D eigenvalue weighted by atomic mass is 19.2. The second-order valence-electron chi connectivity index (χ2n) is 4.01. The van der Waals surface area contributed by atoms with E-state index < -0.39 is 47.1 Å². The van der Waals surface area contributed by atoms with Gasteiger partial charge in [0.1, 0.15) is 11.4 Å². The first-order valence-electron chi connectivity index (χ1n) is 4.93. The Morgan fingerprint density at radius 3 is 2.28 bits per heavy atom. The van der Waals surface area contributed by atoms with E-state index in [4.69, 9.17) is 5.11 Å². The lowest BCUT2D eigenvalue weighted by Crippen LogP contribution is -2.39. The fraction of sp³-hybridized carbons (Fsp3) is 0.364. The molecule has 100 valence electrons. The number of hydrogen-bond donors (Lipinski definition) is 3. The van der Waals surface area contributed by atoms with Crippen LogP contribution in [0, 0.1) is 17.5 Å². The normalized spacial score (nSPS) is 16.1. The molecule has 0 spiro atoms.